The summed E-state index contributed by atoms with van der Waals surface area (Å²) in [6, 6.07) is 16.3. The van der Waals surface area contributed by atoms with E-state index in [4.69, 9.17) is 0 Å². The Morgan fingerprint density at radius 3 is 1.80 bits per heavy atom. The van der Waals surface area contributed by atoms with Crippen LogP contribution in [0.3, 0.4) is 0 Å². The molecular weight excluding hydrogens is 564 g/mol. The number of thioether (sulfide) groups is 2. The molecule has 6 rings (SSSR count). The fourth-order valence-electron chi connectivity index (χ4n) is 5.69. The van der Waals surface area contributed by atoms with Gasteiger partial charge in [0.15, 0.2) is 0 Å². The van der Waals surface area contributed by atoms with Gasteiger partial charge in [0.2, 0.25) is 0 Å². The molecule has 2 aliphatic carbocycles. The zero-order chi connectivity index (χ0) is 28.9. The Kier molecular flexibility index (Phi) is 5.80. The monoisotopic (exact) mass is 587 g/mol. The lowest BCUT2D eigenvalue weighted by atomic mass is 9.71. The van der Waals surface area contributed by atoms with E-state index < -0.39 is 38.4 Å². The molecule has 4 aliphatic rings. The van der Waals surface area contributed by atoms with E-state index in [1.54, 1.807) is 38.1 Å². The summed E-state index contributed by atoms with van der Waals surface area (Å²) in [6.07, 6.45) is 2.69. The van der Waals surface area contributed by atoms with Crippen molar-refractivity contribution in [2.75, 3.05) is 19.0 Å². The lowest BCUT2D eigenvalue weighted by Gasteiger charge is -2.47. The van der Waals surface area contributed by atoms with Crippen molar-refractivity contribution in [1.82, 2.24) is 0 Å². The summed E-state index contributed by atoms with van der Waals surface area (Å²) < 4.78 is 89.1. The summed E-state index contributed by atoms with van der Waals surface area (Å²) in [5.74, 6) is -9.79. The molecule has 0 amide bonds. The van der Waals surface area contributed by atoms with Gasteiger partial charge in [0, 0.05) is 41.4 Å². The largest absolute Gasteiger partial charge is 0.380 e. The minimum atomic E-state index is -5.58. The predicted molar refractivity (Wildman–Crippen MR) is 151 cm³/mol. The van der Waals surface area contributed by atoms with Crippen molar-refractivity contribution in [2.45, 2.75) is 41.1 Å². The molecule has 206 valence electrons. The van der Waals surface area contributed by atoms with Crippen LogP contribution in [-0.4, -0.2) is 41.4 Å². The maximum absolute atomic E-state index is 15.5. The number of fused-ring (bicyclic) bond motifs is 4. The van der Waals surface area contributed by atoms with Crippen molar-refractivity contribution in [1.29, 1.82) is 0 Å². The average Bonchev–Trinajstić information content (AvgIpc) is 3.47. The van der Waals surface area contributed by atoms with Crippen LogP contribution in [0, 0.1) is 11.8 Å². The second kappa shape index (κ2) is 8.53. The molecule has 2 aliphatic heterocycles. The zero-order valence-corrected chi connectivity index (χ0v) is 23.5. The predicted octanol–water partition coefficient (Wildman–Crippen LogP) is 8.57. The molecular formula is C31H23F6NS2. The van der Waals surface area contributed by atoms with Crippen LogP contribution in [0.1, 0.15) is 25.0 Å². The van der Waals surface area contributed by atoms with Crippen LogP contribution in [0.5, 0.6) is 0 Å². The summed E-state index contributed by atoms with van der Waals surface area (Å²) in [5.41, 5.74) is -0.673. The number of nitrogens with zero attached hydrogens (tertiary/aromatic N) is 1. The number of benzene rings is 2. The second-order valence-electron chi connectivity index (χ2n) is 10.6. The van der Waals surface area contributed by atoms with Crippen LogP contribution in [0.15, 0.2) is 93.9 Å². The van der Waals surface area contributed by atoms with Crippen LogP contribution in [0.25, 0.3) is 4.91 Å². The van der Waals surface area contributed by atoms with Gasteiger partial charge in [0.1, 0.15) is 0 Å². The molecule has 0 spiro atoms. The third-order valence-electron chi connectivity index (χ3n) is 8.09. The molecule has 0 saturated heterocycles. The molecule has 0 bridgehead atoms. The molecule has 1 saturated carbocycles. The van der Waals surface area contributed by atoms with Gasteiger partial charge in [0.25, 0.3) is 0 Å². The highest BCUT2D eigenvalue weighted by Gasteiger charge is 2.84. The summed E-state index contributed by atoms with van der Waals surface area (Å²) >= 11 is 2.39. The molecule has 2 aromatic carbocycles. The second-order valence-corrected chi connectivity index (χ2v) is 13.6. The Morgan fingerprint density at radius 1 is 0.675 bits per heavy atom. The van der Waals surface area contributed by atoms with Crippen molar-refractivity contribution >= 4 is 34.1 Å². The molecule has 2 aromatic rings. The quantitative estimate of drug-likeness (QED) is 0.256. The van der Waals surface area contributed by atoms with Gasteiger partial charge in [0.05, 0.1) is 14.4 Å². The van der Waals surface area contributed by atoms with E-state index in [1.165, 1.54) is 23.9 Å². The van der Waals surface area contributed by atoms with E-state index in [0.29, 0.717) is 20.9 Å². The van der Waals surface area contributed by atoms with E-state index in [0.717, 1.165) is 17.4 Å². The van der Waals surface area contributed by atoms with Gasteiger partial charge in [-0.15, -0.1) is 23.5 Å². The van der Waals surface area contributed by atoms with E-state index >= 15 is 17.6 Å². The standard InChI is InChI=1S/C31H23F6NS2/c1-27-22(16-21(39-27)15-10-18-8-6-5-7-9-18)25-26(30(34,35)31(36,37)29(25,32)33)23-17-24(40-28(23,27)2)19-11-13-20(14-12-19)38(3)4/h5-9,11-14,16-17H,1-4H3. The van der Waals surface area contributed by atoms with E-state index in [9.17, 15) is 8.78 Å². The van der Waals surface area contributed by atoms with Crippen LogP contribution in [0.2, 0.25) is 0 Å². The Bertz CT molecular complexity index is 1620. The molecule has 9 heteroatoms. The van der Waals surface area contributed by atoms with Gasteiger partial charge in [-0.05, 0) is 67.0 Å². The minimum Gasteiger partial charge on any atom is -0.378 e. The van der Waals surface area contributed by atoms with E-state index in [1.807, 2.05) is 49.3 Å². The van der Waals surface area contributed by atoms with Crippen LogP contribution >= 0.6 is 23.5 Å². The third kappa shape index (κ3) is 3.41. The fraction of sp³-hybridized carbons (Fsp3) is 0.290. The number of halogens is 6. The van der Waals surface area contributed by atoms with Gasteiger partial charge >= 0.3 is 17.8 Å². The Hall–Kier alpha value is -2.96. The number of allylic oxidation sites excluding steroid dienone is 5. The molecule has 2 unspecified atom stereocenters. The van der Waals surface area contributed by atoms with Gasteiger partial charge in [-0.2, -0.15) is 26.3 Å². The summed E-state index contributed by atoms with van der Waals surface area (Å²) in [5, 5.41) is 0. The number of anilines is 1. The van der Waals surface area contributed by atoms with Gasteiger partial charge in [-0.1, -0.05) is 42.2 Å². The number of hydrogen-bond donors (Lipinski definition) is 0. The lowest BCUT2D eigenvalue weighted by molar-refractivity contribution is -0.258. The van der Waals surface area contributed by atoms with Gasteiger partial charge in [-0.25, -0.2) is 0 Å². The normalized spacial score (nSPS) is 28.8. The molecule has 2 heterocycles. The summed E-state index contributed by atoms with van der Waals surface area (Å²) in [6.45, 7) is 3.33. The fourth-order valence-corrected chi connectivity index (χ4v) is 8.68. The maximum Gasteiger partial charge on any atom is 0.380 e. The summed E-state index contributed by atoms with van der Waals surface area (Å²) in [7, 11) is 3.75. The highest BCUT2D eigenvalue weighted by atomic mass is 32.2. The smallest absolute Gasteiger partial charge is 0.378 e. The number of hydrogen-bond acceptors (Lipinski definition) is 3. The van der Waals surface area contributed by atoms with E-state index in [2.05, 4.69) is 11.8 Å². The molecule has 0 radical (unpaired) electrons. The third-order valence-corrected chi connectivity index (χ3v) is 11.3. The zero-order valence-electron chi connectivity index (χ0n) is 21.9. The van der Waals surface area contributed by atoms with Crippen LogP contribution < -0.4 is 4.90 Å². The Balaban J connectivity index is 1.57. The molecule has 2 atom stereocenters. The molecule has 40 heavy (non-hydrogen) atoms. The average molecular weight is 588 g/mol. The Morgan fingerprint density at radius 2 is 1.23 bits per heavy atom. The minimum absolute atomic E-state index is 0.189. The highest BCUT2D eigenvalue weighted by Crippen LogP contribution is 2.74. The number of rotatable bonds is 2. The van der Waals surface area contributed by atoms with Crippen LogP contribution in [0.4, 0.5) is 32.0 Å². The first-order valence-electron chi connectivity index (χ1n) is 12.5. The van der Waals surface area contributed by atoms with Gasteiger partial charge < -0.3 is 4.90 Å². The first-order valence-corrected chi connectivity index (χ1v) is 14.1. The van der Waals surface area contributed by atoms with Crippen molar-refractivity contribution in [2.24, 2.45) is 0 Å². The molecule has 0 N–H and O–H groups in total. The highest BCUT2D eigenvalue weighted by molar-refractivity contribution is 8.12. The molecule has 0 aromatic heterocycles. The number of alkyl halides is 6. The topological polar surface area (TPSA) is 3.24 Å². The Labute approximate surface area is 237 Å². The van der Waals surface area contributed by atoms with Crippen molar-refractivity contribution in [3.63, 3.8) is 0 Å². The lowest BCUT2D eigenvalue weighted by Crippen LogP contribution is -2.48. The molecule has 1 fully saturated rings. The first kappa shape index (κ1) is 27.2. The van der Waals surface area contributed by atoms with Crippen molar-refractivity contribution < 1.29 is 26.3 Å². The van der Waals surface area contributed by atoms with E-state index in [-0.39, 0.29) is 11.1 Å². The van der Waals surface area contributed by atoms with Crippen molar-refractivity contribution in [3.05, 3.63) is 105 Å². The molecule has 1 nitrogen and oxygen atoms in total. The first-order chi connectivity index (χ1) is 18.6. The SMILES string of the molecule is CN(C)c1ccc(C2=CC3=C4C(=C5C=C(C#Cc6ccccc6)SC5(C)C3(C)S2)C(F)(F)C(F)(F)C4(F)F)cc1. The van der Waals surface area contributed by atoms with Crippen molar-refractivity contribution in [3.8, 4) is 11.8 Å². The van der Waals surface area contributed by atoms with Gasteiger partial charge in [-0.3, -0.25) is 0 Å². The van der Waals surface area contributed by atoms with Crippen LogP contribution in [-0.2, 0) is 0 Å². The summed E-state index contributed by atoms with van der Waals surface area (Å²) in [4.78, 5) is 2.81. The maximum atomic E-state index is 15.5.